The first kappa shape index (κ1) is 17.1. The van der Waals surface area contributed by atoms with E-state index in [1.807, 2.05) is 24.3 Å². The van der Waals surface area contributed by atoms with Crippen LogP contribution in [0.5, 0.6) is 0 Å². The average molecular weight is 326 g/mol. The third kappa shape index (κ3) is 5.16. The second-order valence-corrected chi connectivity index (χ2v) is 5.68. The second-order valence-electron chi connectivity index (χ2n) is 5.25. The molecule has 2 rings (SSSR count). The van der Waals surface area contributed by atoms with Crippen molar-refractivity contribution in [3.8, 4) is 0 Å². The second kappa shape index (κ2) is 8.98. The number of halogens is 1. The van der Waals surface area contributed by atoms with Crippen LogP contribution in [0, 0.1) is 0 Å². The molecule has 0 bridgehead atoms. The predicted octanol–water partition coefficient (Wildman–Crippen LogP) is 2.37. The fraction of sp³-hybridized carbons (Fsp3) is 0.562. The van der Waals surface area contributed by atoms with Crippen molar-refractivity contribution in [1.82, 2.24) is 10.6 Å². The molecule has 0 amide bonds. The van der Waals surface area contributed by atoms with Gasteiger partial charge in [-0.05, 0) is 30.5 Å². The number of ether oxygens (including phenoxy) is 2. The highest BCUT2D eigenvalue weighted by Crippen LogP contribution is 2.19. The number of guanidine groups is 1. The third-order valence-electron chi connectivity index (χ3n) is 3.70. The van der Waals surface area contributed by atoms with Crippen LogP contribution in [0.1, 0.15) is 24.5 Å². The molecular weight excluding hydrogens is 302 g/mol. The van der Waals surface area contributed by atoms with E-state index in [1.165, 1.54) is 0 Å². The molecule has 22 heavy (non-hydrogen) atoms. The van der Waals surface area contributed by atoms with E-state index in [-0.39, 0.29) is 12.2 Å². The van der Waals surface area contributed by atoms with Gasteiger partial charge in [0.25, 0.3) is 0 Å². The molecule has 1 aliphatic rings. The Hall–Kier alpha value is -1.30. The van der Waals surface area contributed by atoms with Gasteiger partial charge in [-0.15, -0.1) is 0 Å². The van der Waals surface area contributed by atoms with Crippen LogP contribution in [0.25, 0.3) is 0 Å². The molecule has 1 aromatic carbocycles. The van der Waals surface area contributed by atoms with Crippen LogP contribution in [0.15, 0.2) is 29.3 Å². The maximum Gasteiger partial charge on any atom is 0.191 e. The minimum Gasteiger partial charge on any atom is -0.376 e. The fourth-order valence-electron chi connectivity index (χ4n) is 2.47. The van der Waals surface area contributed by atoms with E-state index in [0.717, 1.165) is 37.5 Å². The Kier molecular flexibility index (Phi) is 6.96. The standard InChI is InChI=1S/C16H24ClN3O2/c1-18-16(19-10-14-7-4-8-22-14)20-11-15(21-2)12-5-3-6-13(17)9-12/h3,5-6,9,14-15H,4,7-8,10-11H2,1-2H3,(H2,18,19,20). The van der Waals surface area contributed by atoms with Crippen LogP contribution in [0.3, 0.4) is 0 Å². The number of methoxy groups -OCH3 is 1. The molecular formula is C16H24ClN3O2. The molecule has 0 spiro atoms. The zero-order valence-corrected chi connectivity index (χ0v) is 13.9. The van der Waals surface area contributed by atoms with Gasteiger partial charge >= 0.3 is 0 Å². The van der Waals surface area contributed by atoms with Crippen molar-refractivity contribution in [1.29, 1.82) is 0 Å². The highest BCUT2D eigenvalue weighted by molar-refractivity contribution is 6.30. The Labute approximate surface area is 137 Å². The lowest BCUT2D eigenvalue weighted by molar-refractivity contribution is 0.105. The lowest BCUT2D eigenvalue weighted by Crippen LogP contribution is -2.42. The number of nitrogens with zero attached hydrogens (tertiary/aromatic N) is 1. The van der Waals surface area contributed by atoms with E-state index in [4.69, 9.17) is 21.1 Å². The monoisotopic (exact) mass is 325 g/mol. The summed E-state index contributed by atoms with van der Waals surface area (Å²) >= 11 is 6.03. The normalized spacial score (nSPS) is 20.0. The van der Waals surface area contributed by atoms with Gasteiger partial charge in [-0.2, -0.15) is 0 Å². The van der Waals surface area contributed by atoms with Gasteiger partial charge in [0.1, 0.15) is 0 Å². The quantitative estimate of drug-likeness (QED) is 0.623. The summed E-state index contributed by atoms with van der Waals surface area (Å²) in [4.78, 5) is 4.22. The van der Waals surface area contributed by atoms with Crippen LogP contribution in [-0.4, -0.2) is 45.9 Å². The Bertz CT molecular complexity index is 490. The maximum atomic E-state index is 6.03. The van der Waals surface area contributed by atoms with Crippen molar-refractivity contribution in [2.24, 2.45) is 4.99 Å². The number of nitrogens with one attached hydrogen (secondary N) is 2. The first-order valence-electron chi connectivity index (χ1n) is 7.57. The molecule has 122 valence electrons. The van der Waals surface area contributed by atoms with Crippen molar-refractivity contribution in [3.05, 3.63) is 34.9 Å². The van der Waals surface area contributed by atoms with Gasteiger partial charge in [-0.25, -0.2) is 0 Å². The molecule has 0 aromatic heterocycles. The SMILES string of the molecule is CN=C(NCC1CCCO1)NCC(OC)c1cccc(Cl)c1. The zero-order chi connectivity index (χ0) is 15.8. The van der Waals surface area contributed by atoms with Crippen molar-refractivity contribution in [3.63, 3.8) is 0 Å². The van der Waals surface area contributed by atoms with Gasteiger partial charge in [0, 0.05) is 38.9 Å². The minimum absolute atomic E-state index is 0.0834. The average Bonchev–Trinajstić information content (AvgIpc) is 3.04. The van der Waals surface area contributed by atoms with Gasteiger partial charge in [0.2, 0.25) is 0 Å². The van der Waals surface area contributed by atoms with Crippen molar-refractivity contribution in [2.75, 3.05) is 33.9 Å². The van der Waals surface area contributed by atoms with Gasteiger partial charge in [-0.3, -0.25) is 4.99 Å². The van der Waals surface area contributed by atoms with Crippen molar-refractivity contribution in [2.45, 2.75) is 25.0 Å². The molecule has 0 saturated carbocycles. The predicted molar refractivity (Wildman–Crippen MR) is 89.5 cm³/mol. The molecule has 1 fully saturated rings. The Morgan fingerprint density at radius 2 is 2.36 bits per heavy atom. The van der Waals surface area contributed by atoms with E-state index in [2.05, 4.69) is 15.6 Å². The molecule has 6 heteroatoms. The summed E-state index contributed by atoms with van der Waals surface area (Å²) in [7, 11) is 3.45. The van der Waals surface area contributed by atoms with Gasteiger partial charge < -0.3 is 20.1 Å². The third-order valence-corrected chi connectivity index (χ3v) is 3.94. The highest BCUT2D eigenvalue weighted by Gasteiger charge is 2.16. The summed E-state index contributed by atoms with van der Waals surface area (Å²) < 4.78 is 11.1. The summed E-state index contributed by atoms with van der Waals surface area (Å²) in [6.07, 6.45) is 2.44. The summed E-state index contributed by atoms with van der Waals surface area (Å²) in [5.74, 6) is 0.750. The molecule has 1 aliphatic heterocycles. The summed E-state index contributed by atoms with van der Waals surface area (Å²) in [6, 6.07) is 7.70. The first-order chi connectivity index (χ1) is 10.7. The zero-order valence-electron chi connectivity index (χ0n) is 13.1. The van der Waals surface area contributed by atoms with Crippen LogP contribution >= 0.6 is 11.6 Å². The lowest BCUT2D eigenvalue weighted by Gasteiger charge is -2.20. The van der Waals surface area contributed by atoms with Crippen molar-refractivity contribution >= 4 is 17.6 Å². The molecule has 1 heterocycles. The van der Waals surface area contributed by atoms with Crippen LogP contribution < -0.4 is 10.6 Å². The molecule has 1 saturated heterocycles. The largest absolute Gasteiger partial charge is 0.376 e. The number of rotatable bonds is 6. The first-order valence-corrected chi connectivity index (χ1v) is 7.95. The van der Waals surface area contributed by atoms with E-state index >= 15 is 0 Å². The van der Waals surface area contributed by atoms with Gasteiger partial charge in [0.05, 0.1) is 12.2 Å². The minimum atomic E-state index is -0.0834. The van der Waals surface area contributed by atoms with Crippen LogP contribution in [0.2, 0.25) is 5.02 Å². The number of benzene rings is 1. The number of hydrogen-bond donors (Lipinski definition) is 2. The Morgan fingerprint density at radius 3 is 3.00 bits per heavy atom. The number of aliphatic imine (C=N–C) groups is 1. The van der Waals surface area contributed by atoms with Gasteiger partial charge in [-0.1, -0.05) is 23.7 Å². The van der Waals surface area contributed by atoms with Crippen LogP contribution in [-0.2, 0) is 9.47 Å². The smallest absolute Gasteiger partial charge is 0.191 e. The van der Waals surface area contributed by atoms with E-state index in [9.17, 15) is 0 Å². The number of hydrogen-bond acceptors (Lipinski definition) is 3. The van der Waals surface area contributed by atoms with E-state index in [1.54, 1.807) is 14.2 Å². The summed E-state index contributed by atoms with van der Waals surface area (Å²) in [5, 5.41) is 7.27. The van der Waals surface area contributed by atoms with E-state index in [0.29, 0.717) is 11.6 Å². The molecule has 1 aromatic rings. The van der Waals surface area contributed by atoms with Gasteiger partial charge in [0.15, 0.2) is 5.96 Å². The molecule has 0 aliphatic carbocycles. The van der Waals surface area contributed by atoms with E-state index < -0.39 is 0 Å². The Balaban J connectivity index is 1.82. The molecule has 2 atom stereocenters. The lowest BCUT2D eigenvalue weighted by atomic mass is 10.1. The maximum absolute atomic E-state index is 6.03. The highest BCUT2D eigenvalue weighted by atomic mass is 35.5. The topological polar surface area (TPSA) is 54.9 Å². The fourth-order valence-corrected chi connectivity index (χ4v) is 2.67. The molecule has 5 nitrogen and oxygen atoms in total. The molecule has 2 unspecified atom stereocenters. The molecule has 0 radical (unpaired) electrons. The molecule has 2 N–H and O–H groups in total. The Morgan fingerprint density at radius 1 is 1.50 bits per heavy atom. The summed E-state index contributed by atoms with van der Waals surface area (Å²) in [5.41, 5.74) is 1.04. The van der Waals surface area contributed by atoms with Crippen LogP contribution in [0.4, 0.5) is 0 Å². The van der Waals surface area contributed by atoms with Crippen molar-refractivity contribution < 1.29 is 9.47 Å². The summed E-state index contributed by atoms with van der Waals surface area (Å²) in [6.45, 7) is 2.25.